The van der Waals surface area contributed by atoms with Gasteiger partial charge in [0.1, 0.15) is 11.5 Å². The molecule has 2 amide bonds. The number of ether oxygens (including phenoxy) is 2. The Morgan fingerprint density at radius 3 is 1.98 bits per heavy atom. The summed E-state index contributed by atoms with van der Waals surface area (Å²) in [6.07, 6.45) is 4.93. The van der Waals surface area contributed by atoms with Gasteiger partial charge in [0, 0.05) is 23.1 Å². The number of amides is 2. The molecule has 0 saturated carbocycles. The number of aryl methyl sites for hydroxylation is 1. The topological polar surface area (TPSA) is 118 Å². The summed E-state index contributed by atoms with van der Waals surface area (Å²) in [5.41, 5.74) is 7.60. The lowest BCUT2D eigenvalue weighted by atomic mass is 10.3. The van der Waals surface area contributed by atoms with Gasteiger partial charge in [-0.05, 0) is 84.4 Å². The molecule has 0 atom stereocenters. The van der Waals surface area contributed by atoms with E-state index in [2.05, 4.69) is 30.4 Å². The van der Waals surface area contributed by atoms with Crippen LogP contribution in [-0.4, -0.2) is 80.3 Å². The van der Waals surface area contributed by atoms with E-state index in [0.29, 0.717) is 52.0 Å². The van der Waals surface area contributed by atoms with Gasteiger partial charge in [0.25, 0.3) is 0 Å². The van der Waals surface area contributed by atoms with Crippen LogP contribution < -0.4 is 25.8 Å². The van der Waals surface area contributed by atoms with E-state index in [0.717, 1.165) is 31.6 Å². The highest BCUT2D eigenvalue weighted by molar-refractivity contribution is 6.31. The van der Waals surface area contributed by atoms with Gasteiger partial charge in [0.05, 0.1) is 42.7 Å². The van der Waals surface area contributed by atoms with Crippen LogP contribution in [0.4, 0.5) is 22.0 Å². The molecule has 0 saturated heterocycles. The molecule has 0 aliphatic carbocycles. The number of nitrogens with two attached hydrogens (primary N) is 1. The van der Waals surface area contributed by atoms with Crippen molar-refractivity contribution in [3.8, 4) is 11.5 Å². The van der Waals surface area contributed by atoms with Crippen LogP contribution in [0.15, 0.2) is 48.8 Å². The monoisotopic (exact) mass is 591 g/mol. The lowest BCUT2D eigenvalue weighted by molar-refractivity contribution is 0.261. The van der Waals surface area contributed by atoms with E-state index in [4.69, 9.17) is 38.4 Å². The summed E-state index contributed by atoms with van der Waals surface area (Å²) in [5.74, 6) is 1.63. The second kappa shape index (κ2) is 17.4. The van der Waals surface area contributed by atoms with E-state index < -0.39 is 6.03 Å². The van der Waals surface area contributed by atoms with E-state index >= 15 is 0 Å². The molecule has 4 N–H and O–H groups in total. The van der Waals surface area contributed by atoms with Gasteiger partial charge in [0.2, 0.25) is 0 Å². The smallest absolute Gasteiger partial charge is 0.325 e. The number of aromatic nitrogens is 2. The first-order valence-electron chi connectivity index (χ1n) is 12.8. The zero-order chi connectivity index (χ0) is 29.5. The first kappa shape index (κ1) is 32.9. The zero-order valence-corrected chi connectivity index (χ0v) is 25.2. The van der Waals surface area contributed by atoms with Crippen molar-refractivity contribution < 1.29 is 14.3 Å². The summed E-state index contributed by atoms with van der Waals surface area (Å²) < 4.78 is 11.3. The maximum Gasteiger partial charge on any atom is 0.325 e. The van der Waals surface area contributed by atoms with E-state index in [1.165, 1.54) is 6.20 Å². The molecule has 10 nitrogen and oxygen atoms in total. The largest absolute Gasteiger partial charge is 0.491 e. The number of nitrogens with zero attached hydrogens (tertiary/aromatic N) is 4. The van der Waals surface area contributed by atoms with Crippen LogP contribution >= 0.6 is 23.2 Å². The summed E-state index contributed by atoms with van der Waals surface area (Å²) in [5, 5.41) is 6.48. The number of nitrogens with one attached hydrogen (secondary N) is 2. The third-order valence-electron chi connectivity index (χ3n) is 5.20. The van der Waals surface area contributed by atoms with Crippen LogP contribution in [0.5, 0.6) is 11.5 Å². The highest BCUT2D eigenvalue weighted by Gasteiger charge is 2.10. The summed E-state index contributed by atoms with van der Waals surface area (Å²) in [4.78, 5) is 24.5. The number of hydrogen-bond donors (Lipinski definition) is 3. The van der Waals surface area contributed by atoms with Gasteiger partial charge >= 0.3 is 6.03 Å². The predicted molar refractivity (Wildman–Crippen MR) is 164 cm³/mol. The Morgan fingerprint density at radius 2 is 1.43 bits per heavy atom. The summed E-state index contributed by atoms with van der Waals surface area (Å²) >= 11 is 11.8. The molecule has 0 aliphatic heterocycles. The minimum absolute atomic E-state index is 0.360. The molecule has 40 heavy (non-hydrogen) atoms. The number of carbonyl (C=O) groups is 1. The van der Waals surface area contributed by atoms with Gasteiger partial charge in [-0.25, -0.2) is 9.78 Å². The predicted octanol–water partition coefficient (Wildman–Crippen LogP) is 5.67. The number of halogens is 2. The molecule has 0 spiro atoms. The number of rotatable bonds is 12. The quantitative estimate of drug-likeness (QED) is 0.182. The second-order valence-corrected chi connectivity index (χ2v) is 10.3. The van der Waals surface area contributed by atoms with E-state index in [9.17, 15) is 4.79 Å². The fourth-order valence-electron chi connectivity index (χ4n) is 3.23. The molecule has 1 aromatic heterocycles. The SMILES string of the molecule is CN(C)CCCOc1ccc(Cl)cc1N.Cc1cnc(NC(=O)Nc2cc(Cl)ccc2OCCCN(C)C)cn1. The minimum Gasteiger partial charge on any atom is -0.491 e. The Morgan fingerprint density at radius 1 is 0.850 bits per heavy atom. The van der Waals surface area contributed by atoms with Crippen molar-refractivity contribution >= 4 is 46.4 Å². The molecule has 2 aromatic carbocycles. The molecule has 0 unspecified atom stereocenters. The number of hydrogen-bond acceptors (Lipinski definition) is 8. The van der Waals surface area contributed by atoms with Gasteiger partial charge in [-0.1, -0.05) is 23.2 Å². The zero-order valence-electron chi connectivity index (χ0n) is 23.7. The number of anilines is 3. The van der Waals surface area contributed by atoms with Crippen molar-refractivity contribution in [3.63, 3.8) is 0 Å². The fourth-order valence-corrected chi connectivity index (χ4v) is 3.58. The normalized spacial score (nSPS) is 10.6. The third-order valence-corrected chi connectivity index (χ3v) is 5.67. The summed E-state index contributed by atoms with van der Waals surface area (Å²) in [6, 6.07) is 9.92. The van der Waals surface area contributed by atoms with Gasteiger partial charge in [0.15, 0.2) is 5.82 Å². The molecule has 1 heterocycles. The summed E-state index contributed by atoms with van der Waals surface area (Å²) in [6.45, 7) is 4.96. The lowest BCUT2D eigenvalue weighted by Crippen LogP contribution is -2.21. The molecular formula is C28H39Cl2N7O3. The maximum atomic E-state index is 12.2. The van der Waals surface area contributed by atoms with Crippen molar-refractivity contribution in [1.82, 2.24) is 19.8 Å². The van der Waals surface area contributed by atoms with Crippen molar-refractivity contribution in [2.75, 3.05) is 70.9 Å². The van der Waals surface area contributed by atoms with Crippen molar-refractivity contribution in [1.29, 1.82) is 0 Å². The van der Waals surface area contributed by atoms with Crippen LogP contribution in [0.25, 0.3) is 0 Å². The average molecular weight is 593 g/mol. The van der Waals surface area contributed by atoms with Gasteiger partial charge in [-0.15, -0.1) is 0 Å². The van der Waals surface area contributed by atoms with Gasteiger partial charge < -0.3 is 30.3 Å². The third kappa shape index (κ3) is 13.2. The number of benzene rings is 2. The second-order valence-electron chi connectivity index (χ2n) is 9.46. The Balaban J connectivity index is 0.000000319. The molecule has 3 rings (SSSR count). The van der Waals surface area contributed by atoms with Gasteiger partial charge in [-0.2, -0.15) is 0 Å². The van der Waals surface area contributed by atoms with Crippen LogP contribution in [0.2, 0.25) is 10.0 Å². The molecule has 0 fully saturated rings. The van der Waals surface area contributed by atoms with Crippen LogP contribution in [0.1, 0.15) is 18.5 Å². The number of carbonyl (C=O) groups excluding carboxylic acids is 1. The number of urea groups is 1. The van der Waals surface area contributed by atoms with Crippen LogP contribution in [-0.2, 0) is 0 Å². The molecule has 12 heteroatoms. The molecule has 0 radical (unpaired) electrons. The van der Waals surface area contributed by atoms with Crippen molar-refractivity contribution in [3.05, 3.63) is 64.5 Å². The van der Waals surface area contributed by atoms with Crippen molar-refractivity contribution in [2.24, 2.45) is 0 Å². The first-order chi connectivity index (χ1) is 19.0. The maximum absolute atomic E-state index is 12.2. The Hall–Kier alpha value is -3.31. The number of nitrogen functional groups attached to an aromatic ring is 1. The fraction of sp³-hybridized carbons (Fsp3) is 0.393. The highest BCUT2D eigenvalue weighted by atomic mass is 35.5. The van der Waals surface area contributed by atoms with Crippen LogP contribution in [0.3, 0.4) is 0 Å². The standard InChI is InChI=1S/C17H22ClN5O2.C11H17ClN2O/c1-12-10-20-16(11-19-12)22-17(24)21-14-9-13(18)5-6-15(14)25-8-4-7-23(2)3;1-14(2)6-3-7-15-11-5-4-9(12)8-10(11)13/h5-6,9-11H,4,7-8H2,1-3H3,(H2,20,21,22,24);4-5,8H,3,6-7,13H2,1-2H3. The van der Waals surface area contributed by atoms with Crippen molar-refractivity contribution in [2.45, 2.75) is 19.8 Å². The van der Waals surface area contributed by atoms with E-state index in [1.54, 1.807) is 42.6 Å². The Labute approximate surface area is 246 Å². The van der Waals surface area contributed by atoms with E-state index in [-0.39, 0.29) is 0 Å². The molecular weight excluding hydrogens is 553 g/mol. The summed E-state index contributed by atoms with van der Waals surface area (Å²) in [7, 11) is 8.09. The molecule has 218 valence electrons. The highest BCUT2D eigenvalue weighted by Crippen LogP contribution is 2.28. The average Bonchev–Trinajstić information content (AvgIpc) is 2.88. The lowest BCUT2D eigenvalue weighted by Gasteiger charge is -2.14. The molecule has 3 aromatic rings. The Kier molecular flexibility index (Phi) is 14.3. The van der Waals surface area contributed by atoms with E-state index in [1.807, 2.05) is 35.1 Å². The first-order valence-corrected chi connectivity index (χ1v) is 13.6. The van der Waals surface area contributed by atoms with Crippen LogP contribution in [0, 0.1) is 6.92 Å². The minimum atomic E-state index is -0.446. The Bertz CT molecular complexity index is 1200. The molecule has 0 aliphatic rings. The van der Waals surface area contributed by atoms with Gasteiger partial charge in [-0.3, -0.25) is 10.3 Å². The molecule has 0 bridgehead atoms.